The number of aromatic amines is 1. The fourth-order valence-electron chi connectivity index (χ4n) is 9.52. The lowest BCUT2D eigenvalue weighted by Gasteiger charge is -2.24. The molecule has 7 aromatic rings. The number of imidazole rings is 1. The first-order chi connectivity index (χ1) is 45.9. The number of phenolic OH excluding ortho intramolecular Hbond substituents is 1. The molecule has 518 valence electrons. The monoisotopic (exact) mass is 1330 g/mol. The fourth-order valence-corrected chi connectivity index (χ4v) is 9.52. The summed E-state index contributed by atoms with van der Waals surface area (Å²) in [5.74, 6) is -2.65. The van der Waals surface area contributed by atoms with Crippen LogP contribution in [0.5, 0.6) is 5.75 Å². The van der Waals surface area contributed by atoms with Crippen LogP contribution in [0.15, 0.2) is 158 Å². The largest absolute Gasteiger partial charge is 0.508 e. The summed E-state index contributed by atoms with van der Waals surface area (Å²) in [5.41, 5.74) is 17.8. The van der Waals surface area contributed by atoms with Crippen LogP contribution in [0, 0.1) is 11.3 Å². The molecule has 6 atom stereocenters. The smallest absolute Gasteiger partial charge is 0.408 e. The normalized spacial score (nSPS) is 12.9. The molecule has 0 radical (unpaired) electrons. The number of ether oxygens (including phenoxy) is 2. The molecule has 0 spiro atoms. The van der Waals surface area contributed by atoms with E-state index in [2.05, 4.69) is 47.2 Å². The molecule has 1 heterocycles. The number of aliphatic carboxylic acids is 1. The number of amides is 6. The van der Waals surface area contributed by atoms with E-state index in [1.807, 2.05) is 133 Å². The number of nitrogen functional groups attached to an aromatic ring is 2. The van der Waals surface area contributed by atoms with Gasteiger partial charge in [0.25, 0.3) is 0 Å². The molecule has 0 saturated carbocycles. The molecule has 0 aliphatic heterocycles. The van der Waals surface area contributed by atoms with E-state index in [4.69, 9.17) is 31.5 Å². The second-order valence-corrected chi connectivity index (χ2v) is 25.5. The van der Waals surface area contributed by atoms with E-state index in [0.29, 0.717) is 56.7 Å². The van der Waals surface area contributed by atoms with Crippen molar-refractivity contribution in [3.8, 4) is 5.75 Å². The number of amidine groups is 1. The van der Waals surface area contributed by atoms with Gasteiger partial charge in [-0.1, -0.05) is 140 Å². The molecule has 1 aromatic heterocycles. The first kappa shape index (κ1) is 77.1. The fraction of sp³-hybridized carbons (Fsp3) is 0.370. The highest BCUT2D eigenvalue weighted by Gasteiger charge is 2.29. The minimum Gasteiger partial charge on any atom is -0.508 e. The SMILES string of the molecule is C[C@H](CC(=O)[C@@H](CCc1ccccc1)NCc1ccc(O)cc1)C(=O)NCc1ccc(C(=N)N)cc1.C[C@H](NC(=O)[C@@H](CCc1ccccc1)NC(=O)OC(C)(C)C)C(=O)NCc1ccc2nc(N)[nH]c2c1.C[C@H](NC(=O)[C@@H](CCc1ccccc1)NC(=O)OC(C)(C)C)C(=O)O. The van der Waals surface area contributed by atoms with Crippen LogP contribution < -0.4 is 48.7 Å². The molecule has 0 unspecified atom stereocenters. The minimum atomic E-state index is -1.15. The van der Waals surface area contributed by atoms with Gasteiger partial charge in [0.15, 0.2) is 11.7 Å². The van der Waals surface area contributed by atoms with Crippen molar-refractivity contribution in [1.82, 2.24) is 47.2 Å². The maximum Gasteiger partial charge on any atom is 0.408 e. The lowest BCUT2D eigenvalue weighted by Crippen LogP contribution is -2.53. The molecule has 6 amide bonds. The number of hydrogen-bond donors (Lipinski definition) is 13. The molecule has 0 saturated heterocycles. The maximum atomic E-state index is 13.2. The van der Waals surface area contributed by atoms with E-state index in [1.165, 1.54) is 6.92 Å². The van der Waals surface area contributed by atoms with Crippen LogP contribution >= 0.6 is 0 Å². The predicted octanol–water partition coefficient (Wildman–Crippen LogP) is 8.57. The highest BCUT2D eigenvalue weighted by Crippen LogP contribution is 2.18. The number of alkyl carbamates (subject to hydrolysis) is 2. The number of aryl methyl sites for hydroxylation is 3. The van der Waals surface area contributed by atoms with Gasteiger partial charge in [-0.2, -0.15) is 0 Å². The van der Waals surface area contributed by atoms with E-state index in [9.17, 15) is 43.5 Å². The summed E-state index contributed by atoms with van der Waals surface area (Å²) in [5, 5.41) is 45.2. The first-order valence-electron chi connectivity index (χ1n) is 32.1. The van der Waals surface area contributed by atoms with Crippen LogP contribution in [0.25, 0.3) is 11.0 Å². The number of nitrogens with one attached hydrogen (secondary N) is 9. The molecular formula is C73H94N12O12. The molecule has 15 N–H and O–H groups in total. The average molecular weight is 1330 g/mol. The molecule has 0 aliphatic carbocycles. The Morgan fingerprint density at radius 3 is 1.41 bits per heavy atom. The third kappa shape index (κ3) is 29.3. The van der Waals surface area contributed by atoms with E-state index in [-0.39, 0.29) is 42.1 Å². The van der Waals surface area contributed by atoms with Crippen LogP contribution in [0.4, 0.5) is 15.5 Å². The van der Waals surface area contributed by atoms with E-state index in [1.54, 1.807) is 79.7 Å². The Morgan fingerprint density at radius 1 is 0.526 bits per heavy atom. The molecule has 7 rings (SSSR count). The van der Waals surface area contributed by atoms with Crippen molar-refractivity contribution in [3.05, 3.63) is 197 Å². The number of ketones is 1. The van der Waals surface area contributed by atoms with Crippen LogP contribution in [0.1, 0.15) is 127 Å². The average Bonchev–Trinajstić information content (AvgIpc) is 2.15. The van der Waals surface area contributed by atoms with Crippen LogP contribution in [0.3, 0.4) is 0 Å². The topological polar surface area (TPSA) is 384 Å². The van der Waals surface area contributed by atoms with Gasteiger partial charge in [0.1, 0.15) is 47.0 Å². The van der Waals surface area contributed by atoms with Gasteiger partial charge in [-0.05, 0) is 152 Å². The number of fused-ring (bicyclic) bond motifs is 1. The van der Waals surface area contributed by atoms with Gasteiger partial charge in [-0.25, -0.2) is 14.6 Å². The summed E-state index contributed by atoms with van der Waals surface area (Å²) in [6.07, 6.45) is 1.88. The first-order valence-corrected chi connectivity index (χ1v) is 32.1. The number of hydrogen-bond acceptors (Lipinski definition) is 15. The van der Waals surface area contributed by atoms with Gasteiger partial charge < -0.3 is 73.4 Å². The highest BCUT2D eigenvalue weighted by molar-refractivity contribution is 5.95. The number of carbonyl (C=O) groups is 8. The second kappa shape index (κ2) is 38.1. The van der Waals surface area contributed by atoms with Crippen molar-refractivity contribution in [3.63, 3.8) is 0 Å². The predicted molar refractivity (Wildman–Crippen MR) is 373 cm³/mol. The molecular weight excluding hydrogens is 1240 g/mol. The van der Waals surface area contributed by atoms with E-state index < -0.39 is 77.3 Å². The summed E-state index contributed by atoms with van der Waals surface area (Å²) in [6, 6.07) is 44.7. The van der Waals surface area contributed by atoms with Crippen LogP contribution in [0.2, 0.25) is 0 Å². The Balaban J connectivity index is 0.000000268. The number of rotatable bonds is 29. The van der Waals surface area contributed by atoms with Gasteiger partial charge in [-0.3, -0.25) is 34.2 Å². The van der Waals surface area contributed by atoms with E-state index >= 15 is 0 Å². The van der Waals surface area contributed by atoms with Crippen molar-refractivity contribution < 1.29 is 58.0 Å². The quantitative estimate of drug-likeness (QED) is 0.0154. The Hall–Kier alpha value is -10.6. The number of phenols is 1. The van der Waals surface area contributed by atoms with Gasteiger partial charge >= 0.3 is 18.2 Å². The number of anilines is 1. The van der Waals surface area contributed by atoms with Crippen molar-refractivity contribution in [1.29, 1.82) is 5.41 Å². The summed E-state index contributed by atoms with van der Waals surface area (Å²) in [7, 11) is 0. The Labute approximate surface area is 566 Å². The summed E-state index contributed by atoms with van der Waals surface area (Å²) in [6.45, 7) is 16.2. The van der Waals surface area contributed by atoms with Crippen molar-refractivity contribution in [2.75, 3.05) is 5.73 Å². The standard InChI is InChI=1S/C29H34N4O3.C26H34N6O4.C18H26N2O5/c1-20(29(36)33-19-22-7-12-24(13-8-22)28(30)31)17-27(35)26(16-11-21-5-3-2-4-6-21)32-18-23-9-14-25(34)15-10-23;1-16(22(33)28-15-18-11-12-19-21(14-18)31-24(27)30-19)29-23(34)20(32-25(35)36-26(2,3)4)13-10-17-8-6-5-7-9-17;1-12(16(22)23)19-15(21)14(20-17(24)25-18(2,3)4)11-10-13-8-6-5-7-9-13/h2-10,12-15,20,26,32,34H,11,16-19H2,1H3,(H3,30,31)(H,33,36);5-9,11-12,14,16,20H,10,13,15H2,1-4H3,(H,28,33)(H,29,34)(H,32,35)(H3,27,30,31);5-9,12,14H,10-11H2,1-4H3,(H,19,21)(H,20,24)(H,22,23)/t20-,26-;16-,20+;12-,14+/m100/s1. The maximum absolute atomic E-state index is 13.2. The second-order valence-electron chi connectivity index (χ2n) is 25.5. The Bertz CT molecular complexity index is 3690. The van der Waals surface area contributed by atoms with Gasteiger partial charge in [0, 0.05) is 37.5 Å². The number of nitrogens with zero attached hydrogens (tertiary/aromatic N) is 1. The summed E-state index contributed by atoms with van der Waals surface area (Å²) in [4.78, 5) is 106. The highest BCUT2D eigenvalue weighted by atomic mass is 16.6. The summed E-state index contributed by atoms with van der Waals surface area (Å²) >= 11 is 0. The van der Waals surface area contributed by atoms with Crippen LogP contribution in [-0.2, 0) is 77.1 Å². The van der Waals surface area contributed by atoms with Gasteiger partial charge in [-0.15, -0.1) is 0 Å². The number of carboxylic acid groups (broad SMARTS) is 1. The number of carbonyl (C=O) groups excluding carboxylic acids is 7. The molecule has 24 heteroatoms. The number of H-pyrrole nitrogens is 1. The van der Waals surface area contributed by atoms with E-state index in [0.717, 1.165) is 50.8 Å². The Kier molecular flexibility index (Phi) is 30.2. The molecule has 6 aromatic carbocycles. The van der Waals surface area contributed by atoms with Crippen molar-refractivity contribution >= 4 is 70.4 Å². The number of nitrogens with two attached hydrogens (primary N) is 2. The molecule has 0 aliphatic rings. The number of carboxylic acids is 1. The number of aromatic hydroxyl groups is 1. The lowest BCUT2D eigenvalue weighted by molar-refractivity contribution is -0.141. The number of Topliss-reactive ketones (excluding diaryl/α,β-unsaturated/α-hetero) is 1. The van der Waals surface area contributed by atoms with Crippen molar-refractivity contribution in [2.24, 2.45) is 11.7 Å². The molecule has 0 bridgehead atoms. The lowest BCUT2D eigenvalue weighted by atomic mass is 9.95. The third-order valence-corrected chi connectivity index (χ3v) is 14.8. The van der Waals surface area contributed by atoms with Gasteiger partial charge in [0.05, 0.1) is 17.1 Å². The number of aromatic nitrogens is 2. The van der Waals surface area contributed by atoms with Crippen molar-refractivity contribution in [2.45, 2.75) is 168 Å². The third-order valence-electron chi connectivity index (χ3n) is 14.8. The molecule has 24 nitrogen and oxygen atoms in total. The van der Waals surface area contributed by atoms with Gasteiger partial charge in [0.2, 0.25) is 23.6 Å². The van der Waals surface area contributed by atoms with Crippen LogP contribution in [-0.4, -0.2) is 115 Å². The number of benzene rings is 6. The zero-order valence-electron chi connectivity index (χ0n) is 56.6. The zero-order chi connectivity index (χ0) is 71.2. The molecule has 0 fully saturated rings. The zero-order valence-corrected chi connectivity index (χ0v) is 56.6. The Morgan fingerprint density at radius 2 is 0.948 bits per heavy atom. The minimum absolute atomic E-state index is 0.00133. The summed E-state index contributed by atoms with van der Waals surface area (Å²) < 4.78 is 10.5. The molecule has 97 heavy (non-hydrogen) atoms.